The van der Waals surface area contributed by atoms with Crippen LogP contribution in [-0.4, -0.2) is 18.5 Å². The van der Waals surface area contributed by atoms with E-state index in [0.717, 1.165) is 24.4 Å². The molecule has 0 unspecified atom stereocenters. The van der Waals surface area contributed by atoms with Crippen LogP contribution in [0, 0.1) is 0 Å². The average Bonchev–Trinajstić information content (AvgIpc) is 3.11. The fourth-order valence-corrected chi connectivity index (χ4v) is 1.74. The van der Waals surface area contributed by atoms with Crippen LogP contribution < -0.4 is 11.1 Å². The molecule has 3 N–H and O–H groups in total. The molecular formula is C13H19ClIN3. The Hall–Kier alpha value is -0.490. The molecule has 0 bridgehead atoms. The maximum Gasteiger partial charge on any atom is 0.188 e. The number of hydrogen-bond acceptors (Lipinski definition) is 1. The molecule has 1 aliphatic rings. The largest absolute Gasteiger partial charge is 0.370 e. The number of aryl methyl sites for hydroxylation is 1. The summed E-state index contributed by atoms with van der Waals surface area (Å²) < 4.78 is 0. The van der Waals surface area contributed by atoms with Crippen LogP contribution in [-0.2, 0) is 6.42 Å². The van der Waals surface area contributed by atoms with Crippen molar-refractivity contribution in [1.82, 2.24) is 5.32 Å². The first kappa shape index (κ1) is 15.6. The van der Waals surface area contributed by atoms with Crippen LogP contribution >= 0.6 is 35.6 Å². The summed E-state index contributed by atoms with van der Waals surface area (Å²) in [5.41, 5.74) is 7.03. The maximum absolute atomic E-state index is 5.82. The third-order valence-corrected chi connectivity index (χ3v) is 3.00. The molecule has 0 radical (unpaired) electrons. The normalized spacial score (nSPS) is 15.1. The molecule has 1 aromatic carbocycles. The van der Waals surface area contributed by atoms with Crippen molar-refractivity contribution in [2.45, 2.75) is 31.7 Å². The Balaban J connectivity index is 0.00000162. The summed E-state index contributed by atoms with van der Waals surface area (Å²) in [6.45, 7) is 0.772. The average molecular weight is 380 g/mol. The fraction of sp³-hybridized carbons (Fsp3) is 0.462. The van der Waals surface area contributed by atoms with Crippen LogP contribution in [0.5, 0.6) is 0 Å². The van der Waals surface area contributed by atoms with Crippen LogP contribution in [0.2, 0.25) is 5.02 Å². The van der Waals surface area contributed by atoms with E-state index >= 15 is 0 Å². The van der Waals surface area contributed by atoms with E-state index in [-0.39, 0.29) is 24.0 Å². The number of rotatable bonds is 5. The highest BCUT2D eigenvalue weighted by molar-refractivity contribution is 14.0. The van der Waals surface area contributed by atoms with Gasteiger partial charge in [-0.25, -0.2) is 0 Å². The Bertz CT molecular complexity index is 388. The van der Waals surface area contributed by atoms with Crippen LogP contribution in [0.15, 0.2) is 29.3 Å². The first-order chi connectivity index (χ1) is 8.24. The van der Waals surface area contributed by atoms with Gasteiger partial charge in [0, 0.05) is 17.6 Å². The Labute approximate surface area is 130 Å². The van der Waals surface area contributed by atoms with E-state index < -0.39 is 0 Å². The number of benzene rings is 1. The smallest absolute Gasteiger partial charge is 0.188 e. The first-order valence-corrected chi connectivity index (χ1v) is 6.43. The SMILES string of the molecule is I.NC(=NCCCc1ccc(Cl)cc1)NC1CC1. The van der Waals surface area contributed by atoms with Gasteiger partial charge < -0.3 is 11.1 Å². The molecule has 1 aliphatic carbocycles. The highest BCUT2D eigenvalue weighted by Gasteiger charge is 2.21. The van der Waals surface area contributed by atoms with Crippen molar-refractivity contribution in [2.24, 2.45) is 10.7 Å². The number of hydrogen-bond donors (Lipinski definition) is 2. The predicted octanol–water partition coefficient (Wildman–Crippen LogP) is 2.96. The van der Waals surface area contributed by atoms with E-state index in [0.29, 0.717) is 12.0 Å². The van der Waals surface area contributed by atoms with E-state index in [4.69, 9.17) is 17.3 Å². The molecule has 0 aromatic heterocycles. The van der Waals surface area contributed by atoms with E-state index in [1.54, 1.807) is 0 Å². The third-order valence-electron chi connectivity index (χ3n) is 2.75. The molecule has 1 saturated carbocycles. The summed E-state index contributed by atoms with van der Waals surface area (Å²) in [6, 6.07) is 8.53. The lowest BCUT2D eigenvalue weighted by atomic mass is 10.1. The molecule has 1 aromatic rings. The number of guanidine groups is 1. The lowest BCUT2D eigenvalue weighted by molar-refractivity contribution is 0.813. The molecule has 100 valence electrons. The lowest BCUT2D eigenvalue weighted by Gasteiger charge is -2.03. The van der Waals surface area contributed by atoms with Gasteiger partial charge in [0.25, 0.3) is 0 Å². The quantitative estimate of drug-likeness (QED) is 0.358. The van der Waals surface area contributed by atoms with Gasteiger partial charge in [0.1, 0.15) is 0 Å². The van der Waals surface area contributed by atoms with Crippen LogP contribution in [0.25, 0.3) is 0 Å². The van der Waals surface area contributed by atoms with E-state index in [1.165, 1.54) is 18.4 Å². The summed E-state index contributed by atoms with van der Waals surface area (Å²) in [7, 11) is 0. The van der Waals surface area contributed by atoms with Crippen molar-refractivity contribution in [3.8, 4) is 0 Å². The highest BCUT2D eigenvalue weighted by Crippen LogP contribution is 2.18. The Morgan fingerprint density at radius 1 is 1.33 bits per heavy atom. The zero-order valence-electron chi connectivity index (χ0n) is 10.2. The van der Waals surface area contributed by atoms with Crippen LogP contribution in [0.1, 0.15) is 24.8 Å². The molecular weight excluding hydrogens is 361 g/mol. The summed E-state index contributed by atoms with van der Waals surface area (Å²) in [6.07, 6.45) is 4.47. The minimum absolute atomic E-state index is 0. The van der Waals surface area contributed by atoms with Gasteiger partial charge in [0.05, 0.1) is 0 Å². The van der Waals surface area contributed by atoms with Gasteiger partial charge in [-0.3, -0.25) is 4.99 Å². The molecule has 1 fully saturated rings. The molecule has 0 heterocycles. The molecule has 0 aliphatic heterocycles. The van der Waals surface area contributed by atoms with Crippen LogP contribution in [0.4, 0.5) is 0 Å². The molecule has 18 heavy (non-hydrogen) atoms. The fourth-order valence-electron chi connectivity index (χ4n) is 1.62. The Morgan fingerprint density at radius 2 is 2.00 bits per heavy atom. The Kier molecular flexibility index (Phi) is 6.78. The van der Waals surface area contributed by atoms with Gasteiger partial charge in [-0.1, -0.05) is 23.7 Å². The zero-order chi connectivity index (χ0) is 12.1. The van der Waals surface area contributed by atoms with E-state index in [2.05, 4.69) is 22.4 Å². The number of nitrogens with two attached hydrogens (primary N) is 1. The van der Waals surface area contributed by atoms with Crippen molar-refractivity contribution in [3.05, 3.63) is 34.9 Å². The number of aliphatic imine (C=N–C) groups is 1. The van der Waals surface area contributed by atoms with Crippen molar-refractivity contribution in [1.29, 1.82) is 0 Å². The first-order valence-electron chi connectivity index (χ1n) is 6.05. The second-order valence-electron chi connectivity index (χ2n) is 4.42. The monoisotopic (exact) mass is 379 g/mol. The number of nitrogens with zero attached hydrogens (tertiary/aromatic N) is 1. The number of nitrogens with one attached hydrogen (secondary N) is 1. The van der Waals surface area contributed by atoms with Gasteiger partial charge in [-0.2, -0.15) is 0 Å². The minimum Gasteiger partial charge on any atom is -0.370 e. The third kappa shape index (κ3) is 5.91. The number of halogens is 2. The maximum atomic E-state index is 5.82. The second kappa shape index (κ2) is 7.84. The second-order valence-corrected chi connectivity index (χ2v) is 4.85. The van der Waals surface area contributed by atoms with Gasteiger partial charge in [0.2, 0.25) is 0 Å². The van der Waals surface area contributed by atoms with Crippen molar-refractivity contribution < 1.29 is 0 Å². The minimum atomic E-state index is 0. The van der Waals surface area contributed by atoms with Gasteiger partial charge in [-0.05, 0) is 43.4 Å². The van der Waals surface area contributed by atoms with Crippen LogP contribution in [0.3, 0.4) is 0 Å². The standard InChI is InChI=1S/C13H18ClN3.HI/c14-11-5-3-10(4-6-11)2-1-9-16-13(15)17-12-7-8-12;/h3-6,12H,1-2,7-9H2,(H3,15,16,17);1H. The van der Waals surface area contributed by atoms with Gasteiger partial charge >= 0.3 is 0 Å². The molecule has 0 spiro atoms. The molecule has 5 heteroatoms. The highest BCUT2D eigenvalue weighted by atomic mass is 127. The summed E-state index contributed by atoms with van der Waals surface area (Å²) >= 11 is 5.82. The van der Waals surface area contributed by atoms with Gasteiger partial charge in [0.15, 0.2) is 5.96 Å². The predicted molar refractivity (Wildman–Crippen MR) is 87.8 cm³/mol. The van der Waals surface area contributed by atoms with Crippen molar-refractivity contribution in [3.63, 3.8) is 0 Å². The summed E-state index contributed by atoms with van der Waals surface area (Å²) in [4.78, 5) is 4.29. The Morgan fingerprint density at radius 3 is 2.61 bits per heavy atom. The summed E-state index contributed by atoms with van der Waals surface area (Å²) in [5.74, 6) is 0.587. The van der Waals surface area contributed by atoms with E-state index in [9.17, 15) is 0 Å². The summed E-state index contributed by atoms with van der Waals surface area (Å²) in [5, 5.41) is 3.95. The lowest BCUT2D eigenvalue weighted by Crippen LogP contribution is -2.33. The topological polar surface area (TPSA) is 50.4 Å². The molecule has 0 amide bonds. The molecule has 2 rings (SSSR count). The van der Waals surface area contributed by atoms with Crippen molar-refractivity contribution in [2.75, 3.05) is 6.54 Å². The van der Waals surface area contributed by atoms with Gasteiger partial charge in [-0.15, -0.1) is 24.0 Å². The van der Waals surface area contributed by atoms with E-state index in [1.807, 2.05) is 12.1 Å². The molecule has 3 nitrogen and oxygen atoms in total. The van der Waals surface area contributed by atoms with Crippen molar-refractivity contribution >= 4 is 41.5 Å². The molecule has 0 atom stereocenters. The zero-order valence-corrected chi connectivity index (χ0v) is 13.3. The molecule has 0 saturated heterocycles.